The van der Waals surface area contributed by atoms with Crippen molar-refractivity contribution in [1.82, 2.24) is 19.9 Å². The highest BCUT2D eigenvalue weighted by Gasteiger charge is 2.38. The molecular formula is C12H14N4O2. The fourth-order valence-corrected chi connectivity index (χ4v) is 2.24. The second-order valence-electron chi connectivity index (χ2n) is 4.71. The topological polar surface area (TPSA) is 79.5 Å². The average Bonchev–Trinajstić information content (AvgIpc) is 2.77. The van der Waals surface area contributed by atoms with Gasteiger partial charge in [0.05, 0.1) is 35.6 Å². The maximum atomic E-state index is 12.2. The average molecular weight is 246 g/mol. The summed E-state index contributed by atoms with van der Waals surface area (Å²) in [6, 6.07) is 0. The van der Waals surface area contributed by atoms with Gasteiger partial charge in [0.1, 0.15) is 0 Å². The third kappa shape index (κ3) is 1.65. The van der Waals surface area contributed by atoms with Crippen LogP contribution in [0.1, 0.15) is 29.6 Å². The molecule has 1 aliphatic rings. The molecule has 0 aromatic carbocycles. The number of nitrogens with zero attached hydrogens (tertiary/aromatic N) is 3. The zero-order chi connectivity index (χ0) is 12.6. The minimum atomic E-state index is -0.437. The quantitative estimate of drug-likeness (QED) is 0.820. The minimum absolute atomic E-state index is 0.0177. The first-order chi connectivity index (χ1) is 8.74. The molecule has 2 aromatic rings. The van der Waals surface area contributed by atoms with Crippen LogP contribution in [0.15, 0.2) is 24.8 Å². The van der Waals surface area contributed by atoms with Crippen LogP contribution < -0.4 is 5.32 Å². The summed E-state index contributed by atoms with van der Waals surface area (Å²) in [6.45, 7) is -0.0177. The predicted molar refractivity (Wildman–Crippen MR) is 64.1 cm³/mol. The lowest BCUT2D eigenvalue weighted by molar-refractivity contribution is 0.0643. The third-order valence-corrected chi connectivity index (χ3v) is 3.56. The minimum Gasteiger partial charge on any atom is -0.394 e. The highest BCUT2D eigenvalue weighted by atomic mass is 16.3. The van der Waals surface area contributed by atoms with Gasteiger partial charge in [-0.1, -0.05) is 0 Å². The van der Waals surface area contributed by atoms with E-state index in [2.05, 4.69) is 15.4 Å². The number of hydrogen-bond acceptors (Lipinski definition) is 4. The molecular weight excluding hydrogens is 232 g/mol. The molecule has 1 saturated carbocycles. The molecule has 0 aliphatic heterocycles. The Morgan fingerprint density at radius 2 is 2.33 bits per heavy atom. The lowest BCUT2D eigenvalue weighted by Gasteiger charge is -2.40. The van der Waals surface area contributed by atoms with Gasteiger partial charge in [-0.25, -0.2) is 4.52 Å². The number of aromatic nitrogens is 3. The van der Waals surface area contributed by atoms with Gasteiger partial charge in [0.2, 0.25) is 0 Å². The fourth-order valence-electron chi connectivity index (χ4n) is 2.24. The fraction of sp³-hybridized carbons (Fsp3) is 0.417. The van der Waals surface area contributed by atoms with Crippen molar-refractivity contribution in [3.63, 3.8) is 0 Å². The van der Waals surface area contributed by atoms with E-state index in [1.807, 2.05) is 0 Å². The van der Waals surface area contributed by atoms with Crippen molar-refractivity contribution in [2.24, 2.45) is 0 Å². The van der Waals surface area contributed by atoms with Gasteiger partial charge >= 0.3 is 0 Å². The second-order valence-corrected chi connectivity index (χ2v) is 4.71. The predicted octanol–water partition coefficient (Wildman–Crippen LogP) is 0.374. The SMILES string of the molecule is O=C(NC1(CO)CCC1)c1cnn2ccncc12. The molecule has 0 bridgehead atoms. The summed E-state index contributed by atoms with van der Waals surface area (Å²) in [4.78, 5) is 16.2. The van der Waals surface area contributed by atoms with Crippen LogP contribution in [0.25, 0.3) is 5.52 Å². The number of hydrogen-bond donors (Lipinski definition) is 2. The summed E-state index contributed by atoms with van der Waals surface area (Å²) in [5, 5.41) is 16.3. The van der Waals surface area contributed by atoms with Crippen LogP contribution in [-0.4, -0.2) is 37.8 Å². The third-order valence-electron chi connectivity index (χ3n) is 3.56. The molecule has 0 saturated heterocycles. The second kappa shape index (κ2) is 4.06. The van der Waals surface area contributed by atoms with Gasteiger partial charge in [0.15, 0.2) is 0 Å². The van der Waals surface area contributed by atoms with Crippen LogP contribution in [0.2, 0.25) is 0 Å². The van der Waals surface area contributed by atoms with Gasteiger partial charge in [0, 0.05) is 12.4 Å². The molecule has 1 aliphatic carbocycles. The van der Waals surface area contributed by atoms with Crippen LogP contribution in [0.5, 0.6) is 0 Å². The highest BCUT2D eigenvalue weighted by molar-refractivity contribution is 6.00. The molecule has 6 heteroatoms. The van der Waals surface area contributed by atoms with Gasteiger partial charge in [-0.15, -0.1) is 0 Å². The lowest BCUT2D eigenvalue weighted by Crippen LogP contribution is -2.56. The molecule has 18 heavy (non-hydrogen) atoms. The van der Waals surface area contributed by atoms with Gasteiger partial charge < -0.3 is 10.4 Å². The zero-order valence-corrected chi connectivity index (χ0v) is 9.83. The Hall–Kier alpha value is -1.95. The molecule has 3 rings (SSSR count). The smallest absolute Gasteiger partial charge is 0.255 e. The van der Waals surface area contributed by atoms with E-state index in [9.17, 15) is 9.90 Å². The largest absolute Gasteiger partial charge is 0.394 e. The van der Waals surface area contributed by atoms with Crippen molar-refractivity contribution in [3.8, 4) is 0 Å². The Balaban J connectivity index is 1.88. The highest BCUT2D eigenvalue weighted by Crippen LogP contribution is 2.31. The normalized spacial score (nSPS) is 17.4. The summed E-state index contributed by atoms with van der Waals surface area (Å²) < 4.78 is 1.61. The molecule has 94 valence electrons. The molecule has 0 radical (unpaired) electrons. The molecule has 0 atom stereocenters. The summed E-state index contributed by atoms with van der Waals surface area (Å²) in [6.07, 6.45) is 9.13. The molecule has 0 spiro atoms. The van der Waals surface area contributed by atoms with Crippen LogP contribution in [0, 0.1) is 0 Å². The van der Waals surface area contributed by atoms with Gasteiger partial charge in [-0.3, -0.25) is 9.78 Å². The number of carbonyl (C=O) groups excluding carboxylic acids is 1. The van der Waals surface area contributed by atoms with Crippen LogP contribution in [0.4, 0.5) is 0 Å². The van der Waals surface area contributed by atoms with Gasteiger partial charge in [0.25, 0.3) is 5.91 Å². The van der Waals surface area contributed by atoms with E-state index >= 15 is 0 Å². The monoisotopic (exact) mass is 246 g/mol. The number of aliphatic hydroxyl groups is 1. The number of nitrogens with one attached hydrogen (secondary N) is 1. The van der Waals surface area contributed by atoms with E-state index < -0.39 is 5.54 Å². The van der Waals surface area contributed by atoms with Crippen molar-refractivity contribution in [1.29, 1.82) is 0 Å². The molecule has 1 fully saturated rings. The van der Waals surface area contributed by atoms with E-state index in [4.69, 9.17) is 0 Å². The number of fused-ring (bicyclic) bond motifs is 1. The Bertz CT molecular complexity index is 583. The zero-order valence-electron chi connectivity index (χ0n) is 9.83. The summed E-state index contributed by atoms with van der Waals surface area (Å²) in [7, 11) is 0. The molecule has 1 amide bonds. The first-order valence-electron chi connectivity index (χ1n) is 5.95. The Morgan fingerprint density at radius 3 is 3.00 bits per heavy atom. The van der Waals surface area contributed by atoms with Crippen LogP contribution >= 0.6 is 0 Å². The number of rotatable bonds is 3. The van der Waals surface area contributed by atoms with Gasteiger partial charge in [-0.05, 0) is 19.3 Å². The number of carbonyl (C=O) groups is 1. The van der Waals surface area contributed by atoms with E-state index in [0.29, 0.717) is 11.1 Å². The molecule has 0 unspecified atom stereocenters. The van der Waals surface area contributed by atoms with Crippen molar-refractivity contribution in [3.05, 3.63) is 30.4 Å². The van der Waals surface area contributed by atoms with Crippen LogP contribution in [-0.2, 0) is 0 Å². The summed E-state index contributed by atoms with van der Waals surface area (Å²) in [5.41, 5.74) is 0.721. The van der Waals surface area contributed by atoms with E-state index in [-0.39, 0.29) is 12.5 Å². The lowest BCUT2D eigenvalue weighted by atomic mass is 9.77. The summed E-state index contributed by atoms with van der Waals surface area (Å²) in [5.74, 6) is -0.202. The molecule has 6 nitrogen and oxygen atoms in total. The summed E-state index contributed by atoms with van der Waals surface area (Å²) >= 11 is 0. The number of aliphatic hydroxyl groups excluding tert-OH is 1. The molecule has 2 aromatic heterocycles. The standard InChI is InChI=1S/C12H14N4O2/c17-8-12(2-1-3-12)15-11(18)9-6-14-16-5-4-13-7-10(9)16/h4-7,17H,1-3,8H2,(H,15,18). The van der Waals surface area contributed by atoms with Crippen molar-refractivity contribution in [2.45, 2.75) is 24.8 Å². The Kier molecular flexibility index (Phi) is 2.52. The Labute approximate surface area is 104 Å². The van der Waals surface area contributed by atoms with Crippen LogP contribution in [0.3, 0.4) is 0 Å². The van der Waals surface area contributed by atoms with E-state index in [1.165, 1.54) is 6.20 Å². The van der Waals surface area contributed by atoms with Crippen molar-refractivity contribution in [2.75, 3.05) is 6.61 Å². The van der Waals surface area contributed by atoms with E-state index in [0.717, 1.165) is 19.3 Å². The maximum Gasteiger partial charge on any atom is 0.255 e. The molecule has 2 heterocycles. The Morgan fingerprint density at radius 1 is 1.50 bits per heavy atom. The van der Waals surface area contributed by atoms with Crippen molar-refractivity contribution < 1.29 is 9.90 Å². The molecule has 2 N–H and O–H groups in total. The first kappa shape index (κ1) is 11.2. The van der Waals surface area contributed by atoms with E-state index in [1.54, 1.807) is 23.1 Å². The van der Waals surface area contributed by atoms with Gasteiger partial charge in [-0.2, -0.15) is 5.10 Å². The maximum absolute atomic E-state index is 12.2. The first-order valence-corrected chi connectivity index (χ1v) is 5.95. The number of amides is 1. The van der Waals surface area contributed by atoms with Crippen molar-refractivity contribution >= 4 is 11.4 Å².